The van der Waals surface area contributed by atoms with Crippen LogP contribution >= 0.6 is 0 Å². The molecule has 0 aromatic carbocycles. The summed E-state index contributed by atoms with van der Waals surface area (Å²) in [5.74, 6) is -20.1. The first kappa shape index (κ1) is 25.3. The Kier molecular flexibility index (Phi) is 6.03. The summed E-state index contributed by atoms with van der Waals surface area (Å²) >= 11 is 0. The maximum absolute atomic E-state index is 12.7. The molecule has 0 amide bonds. The lowest BCUT2D eigenvalue weighted by molar-refractivity contribution is -0.478. The van der Waals surface area contributed by atoms with Gasteiger partial charge in [-0.1, -0.05) is 0 Å². The highest BCUT2D eigenvalue weighted by atomic mass is 19.4. The van der Waals surface area contributed by atoms with Crippen LogP contribution in [0.25, 0.3) is 0 Å². The van der Waals surface area contributed by atoms with Crippen molar-refractivity contribution in [2.75, 3.05) is 0 Å². The zero-order chi connectivity index (χ0) is 22.5. The average Bonchev–Trinajstić information content (AvgIpc) is 2.33. The smallest absolute Gasteiger partial charge is 0.387 e. The van der Waals surface area contributed by atoms with Gasteiger partial charge in [-0.15, -0.1) is 0 Å². The maximum Gasteiger partial charge on any atom is 0.501 e. The first-order valence-electron chi connectivity index (χ1n) is 5.29. The predicted molar refractivity (Wildman–Crippen MR) is 44.0 cm³/mol. The molecule has 0 aliphatic rings. The van der Waals surface area contributed by atoms with Crippen LogP contribution in [0.15, 0.2) is 0 Å². The maximum atomic E-state index is 12.7. The molecule has 0 radical (unpaired) electrons. The Bertz CT molecular complexity index is 557. The number of hydrogen-bond donors (Lipinski definition) is 0. The average molecular weight is 448 g/mol. The van der Waals surface area contributed by atoms with Crippen molar-refractivity contribution in [3.8, 4) is 0 Å². The van der Waals surface area contributed by atoms with Gasteiger partial charge < -0.3 is 4.74 Å². The molecule has 0 rings (SSSR count). The summed E-state index contributed by atoms with van der Waals surface area (Å²) in [4.78, 5) is 10.3. The zero-order valence-electron chi connectivity index (χ0n) is 11.3. The summed E-state index contributed by atoms with van der Waals surface area (Å²) in [6, 6.07) is 0. The van der Waals surface area contributed by atoms with Gasteiger partial charge in [0.2, 0.25) is 0 Å². The highest BCUT2D eigenvalue weighted by Crippen LogP contribution is 2.54. The summed E-state index contributed by atoms with van der Waals surface area (Å²) in [5.41, 5.74) is 0. The molecular formula is C8F16O3. The number of hydrogen-bond acceptors (Lipinski definition) is 3. The minimum absolute atomic E-state index is 1.42. The Morgan fingerprint density at radius 2 is 0.889 bits per heavy atom. The molecule has 0 saturated heterocycles. The highest BCUT2D eigenvalue weighted by molar-refractivity contribution is 5.76. The molecule has 0 N–H and O–H groups in total. The van der Waals surface area contributed by atoms with E-state index < -0.39 is 48.5 Å². The predicted octanol–water partition coefficient (Wildman–Crippen LogP) is 4.72. The number of carbonyl (C=O) groups is 1. The summed E-state index contributed by atoms with van der Waals surface area (Å²) in [7, 11) is 0. The molecule has 0 aliphatic carbocycles. The normalized spacial score (nSPS) is 15.7. The van der Waals surface area contributed by atoms with Gasteiger partial charge in [-0.3, -0.25) is 0 Å². The third kappa shape index (κ3) is 4.60. The lowest BCUT2D eigenvalue weighted by atomic mass is 10.1. The first-order chi connectivity index (χ1) is 11.3. The van der Waals surface area contributed by atoms with Crippen molar-refractivity contribution in [1.82, 2.24) is 0 Å². The fourth-order valence-corrected chi connectivity index (χ4v) is 0.861. The summed E-state index contributed by atoms with van der Waals surface area (Å²) in [5, 5.41) is 0. The topological polar surface area (TPSA) is 35.5 Å². The van der Waals surface area contributed by atoms with Crippen LogP contribution in [0.4, 0.5) is 70.2 Å². The van der Waals surface area contributed by atoms with Crippen molar-refractivity contribution in [2.24, 2.45) is 0 Å². The second-order valence-electron chi connectivity index (χ2n) is 4.19. The van der Waals surface area contributed by atoms with Crippen molar-refractivity contribution in [2.45, 2.75) is 42.5 Å². The molecule has 0 aromatic rings. The molecule has 19 heteroatoms. The van der Waals surface area contributed by atoms with E-state index >= 15 is 0 Å². The molecule has 0 aliphatic heterocycles. The van der Waals surface area contributed by atoms with Crippen LogP contribution in [-0.4, -0.2) is 48.5 Å². The number of carbonyl (C=O) groups excluding carboxylic acids is 1. The fourth-order valence-electron chi connectivity index (χ4n) is 0.861. The second kappa shape index (κ2) is 6.43. The van der Waals surface area contributed by atoms with Gasteiger partial charge in [-0.2, -0.15) is 70.2 Å². The van der Waals surface area contributed by atoms with E-state index in [1.54, 1.807) is 4.74 Å². The van der Waals surface area contributed by atoms with Crippen LogP contribution in [0.5, 0.6) is 0 Å². The minimum atomic E-state index is -7.88. The van der Waals surface area contributed by atoms with Crippen molar-refractivity contribution in [1.29, 1.82) is 0 Å². The Morgan fingerprint density at radius 3 is 1.19 bits per heavy atom. The van der Waals surface area contributed by atoms with Gasteiger partial charge in [0, 0.05) is 0 Å². The van der Waals surface area contributed by atoms with Crippen molar-refractivity contribution in [3.05, 3.63) is 0 Å². The fraction of sp³-hybridized carbons (Fsp3) is 0.875. The van der Waals surface area contributed by atoms with E-state index in [0.717, 1.165) is 0 Å². The van der Waals surface area contributed by atoms with E-state index in [1.807, 2.05) is 0 Å². The van der Waals surface area contributed by atoms with E-state index in [4.69, 9.17) is 0 Å². The van der Waals surface area contributed by atoms with E-state index in [9.17, 15) is 75.0 Å². The summed E-state index contributed by atoms with van der Waals surface area (Å²) in [6.07, 6.45) is -35.8. The van der Waals surface area contributed by atoms with Crippen LogP contribution < -0.4 is 0 Å². The van der Waals surface area contributed by atoms with Crippen LogP contribution in [0.3, 0.4) is 0 Å². The molecule has 27 heavy (non-hydrogen) atoms. The molecule has 162 valence electrons. The third-order valence-corrected chi connectivity index (χ3v) is 2.16. The molecular weight excluding hydrogens is 448 g/mol. The van der Waals surface area contributed by atoms with Gasteiger partial charge in [0.15, 0.2) is 0 Å². The van der Waals surface area contributed by atoms with E-state index in [-0.39, 0.29) is 0 Å². The lowest BCUT2D eigenvalue weighted by Crippen LogP contribution is -2.63. The molecule has 0 heterocycles. The molecule has 0 saturated carbocycles. The Morgan fingerprint density at radius 1 is 0.519 bits per heavy atom. The second-order valence-corrected chi connectivity index (χ2v) is 4.19. The van der Waals surface area contributed by atoms with Gasteiger partial charge in [-0.05, 0) is 0 Å². The van der Waals surface area contributed by atoms with Crippen LogP contribution in [0.1, 0.15) is 0 Å². The molecule has 3 nitrogen and oxygen atoms in total. The quantitative estimate of drug-likeness (QED) is 0.436. The molecule has 0 spiro atoms. The van der Waals surface area contributed by atoms with Crippen LogP contribution in [0, 0.1) is 0 Å². The minimum Gasteiger partial charge on any atom is -0.387 e. The SMILES string of the molecule is O=C(OC(F)(F)C(F)(F)F)C(F)(F)OC(F)(F)C(F)(F)C(F)(F)C(F)(F)F. The third-order valence-electron chi connectivity index (χ3n) is 2.16. The van der Waals surface area contributed by atoms with Gasteiger partial charge >= 0.3 is 48.5 Å². The van der Waals surface area contributed by atoms with Gasteiger partial charge in [0.25, 0.3) is 0 Å². The number of halogens is 16. The Hall–Kier alpha value is -1.69. The van der Waals surface area contributed by atoms with E-state index in [2.05, 4.69) is 0 Å². The van der Waals surface area contributed by atoms with E-state index in [0.29, 0.717) is 0 Å². The number of alkyl halides is 16. The molecule has 0 fully saturated rings. The van der Waals surface area contributed by atoms with Crippen molar-refractivity contribution in [3.63, 3.8) is 0 Å². The van der Waals surface area contributed by atoms with E-state index in [1.165, 1.54) is 4.74 Å². The lowest BCUT2D eigenvalue weighted by Gasteiger charge is -2.34. The summed E-state index contributed by atoms with van der Waals surface area (Å²) in [6.45, 7) is 0. The van der Waals surface area contributed by atoms with Crippen molar-refractivity contribution >= 4 is 5.97 Å². The van der Waals surface area contributed by atoms with Gasteiger partial charge in [0.1, 0.15) is 0 Å². The van der Waals surface area contributed by atoms with Gasteiger partial charge in [0.05, 0.1) is 0 Å². The number of ether oxygens (including phenoxy) is 2. The largest absolute Gasteiger partial charge is 0.501 e. The van der Waals surface area contributed by atoms with Crippen LogP contribution in [0.2, 0.25) is 0 Å². The molecule has 0 bridgehead atoms. The molecule has 0 unspecified atom stereocenters. The van der Waals surface area contributed by atoms with Crippen LogP contribution in [-0.2, 0) is 14.3 Å². The number of rotatable bonds is 6. The standard InChI is InChI=1S/C8F16O3/c9-2(10,1(25)26-8(23,24)6(18,19)20)27-7(21,22)4(13,14)3(11,12)5(15,16)17. The van der Waals surface area contributed by atoms with Crippen molar-refractivity contribution < 1.29 is 84.5 Å². The van der Waals surface area contributed by atoms with Gasteiger partial charge in [-0.25, -0.2) is 9.53 Å². The molecule has 0 aromatic heterocycles. The first-order valence-corrected chi connectivity index (χ1v) is 5.29. The highest BCUT2D eigenvalue weighted by Gasteiger charge is 2.84. The zero-order valence-corrected chi connectivity index (χ0v) is 11.3. The Labute approximate surface area is 134 Å². The summed E-state index contributed by atoms with van der Waals surface area (Å²) < 4.78 is 198. The molecule has 0 atom stereocenters. The Balaban J connectivity index is 5.74. The number of esters is 1. The monoisotopic (exact) mass is 448 g/mol.